The fourth-order valence-corrected chi connectivity index (χ4v) is 2.79. The van der Waals surface area contributed by atoms with E-state index in [1.165, 1.54) is 0 Å². The summed E-state index contributed by atoms with van der Waals surface area (Å²) in [6.45, 7) is 4.78. The number of rotatable bonds is 4. The molecule has 0 aromatic rings. The molecule has 2 fully saturated rings. The molecule has 1 saturated carbocycles. The lowest BCUT2D eigenvalue weighted by molar-refractivity contribution is -0.131. The molecule has 2 unspecified atom stereocenters. The van der Waals surface area contributed by atoms with Crippen molar-refractivity contribution in [3.05, 3.63) is 0 Å². The molecule has 2 aliphatic rings. The number of amides is 1. The van der Waals surface area contributed by atoms with Crippen LogP contribution in [0.25, 0.3) is 0 Å². The van der Waals surface area contributed by atoms with Gasteiger partial charge in [-0.15, -0.1) is 0 Å². The number of carbonyl (C=O) groups excluding carboxylic acids is 1. The van der Waals surface area contributed by atoms with Crippen LogP contribution in [-0.4, -0.2) is 73.2 Å². The summed E-state index contributed by atoms with van der Waals surface area (Å²) in [7, 11) is 2.08. The van der Waals surface area contributed by atoms with Crippen LogP contribution in [0.1, 0.15) is 19.3 Å². The summed E-state index contributed by atoms with van der Waals surface area (Å²) in [4.78, 5) is 16.1. The molecule has 18 heavy (non-hydrogen) atoms. The molecule has 1 heterocycles. The first kappa shape index (κ1) is 13.8. The summed E-state index contributed by atoms with van der Waals surface area (Å²) < 4.78 is 0. The van der Waals surface area contributed by atoms with Crippen LogP contribution in [0.5, 0.6) is 0 Å². The van der Waals surface area contributed by atoms with Crippen molar-refractivity contribution in [1.82, 2.24) is 15.1 Å². The molecular formula is C13H25N3O2. The summed E-state index contributed by atoms with van der Waals surface area (Å²) in [5.74, 6) is 0.529. The average molecular weight is 255 g/mol. The van der Waals surface area contributed by atoms with Crippen molar-refractivity contribution >= 4 is 5.91 Å². The van der Waals surface area contributed by atoms with Crippen LogP contribution >= 0.6 is 0 Å². The number of hydrogen-bond donors (Lipinski definition) is 2. The summed E-state index contributed by atoms with van der Waals surface area (Å²) in [6, 6.07) is 0. The normalized spacial score (nSPS) is 29.8. The Morgan fingerprint density at radius 1 is 1.28 bits per heavy atom. The summed E-state index contributed by atoms with van der Waals surface area (Å²) in [5, 5.41) is 12.9. The Morgan fingerprint density at radius 3 is 2.61 bits per heavy atom. The lowest BCUT2D eigenvalue weighted by Gasteiger charge is -2.32. The Hall–Kier alpha value is -0.650. The van der Waals surface area contributed by atoms with Crippen molar-refractivity contribution in [3.63, 3.8) is 0 Å². The van der Waals surface area contributed by atoms with E-state index in [1.54, 1.807) is 0 Å². The van der Waals surface area contributed by atoms with Crippen molar-refractivity contribution in [3.8, 4) is 0 Å². The highest BCUT2D eigenvalue weighted by molar-refractivity contribution is 5.78. The molecule has 1 aliphatic carbocycles. The standard InChI is InChI=1S/C13H25N3O2/c1-15-5-7-16(8-6-15)13(18)10-14-9-11-3-2-4-12(11)17/h11-12,14,17H,2-10H2,1H3. The Labute approximate surface area is 109 Å². The van der Waals surface area contributed by atoms with Gasteiger partial charge in [0.1, 0.15) is 0 Å². The first-order chi connectivity index (χ1) is 8.66. The number of likely N-dealkylation sites (N-methyl/N-ethyl adjacent to an activating group) is 1. The van der Waals surface area contributed by atoms with Gasteiger partial charge in [0, 0.05) is 32.7 Å². The van der Waals surface area contributed by atoms with Crippen LogP contribution in [0.4, 0.5) is 0 Å². The van der Waals surface area contributed by atoms with Gasteiger partial charge in [0.05, 0.1) is 12.6 Å². The van der Waals surface area contributed by atoms with E-state index in [2.05, 4.69) is 17.3 Å². The second kappa shape index (κ2) is 6.50. The van der Waals surface area contributed by atoms with Gasteiger partial charge in [0.25, 0.3) is 0 Å². The second-order valence-electron chi connectivity index (χ2n) is 5.57. The second-order valence-corrected chi connectivity index (χ2v) is 5.57. The number of aliphatic hydroxyl groups excluding tert-OH is 1. The first-order valence-electron chi connectivity index (χ1n) is 7.02. The Balaban J connectivity index is 1.62. The molecule has 1 aliphatic heterocycles. The lowest BCUT2D eigenvalue weighted by atomic mass is 10.1. The van der Waals surface area contributed by atoms with Crippen molar-refractivity contribution in [2.75, 3.05) is 46.3 Å². The van der Waals surface area contributed by atoms with E-state index in [9.17, 15) is 9.90 Å². The molecule has 0 radical (unpaired) electrons. The number of hydrogen-bond acceptors (Lipinski definition) is 4. The molecule has 0 aromatic carbocycles. The third-order valence-corrected chi connectivity index (χ3v) is 4.16. The van der Waals surface area contributed by atoms with Crippen LogP contribution in [-0.2, 0) is 4.79 Å². The summed E-state index contributed by atoms with van der Waals surface area (Å²) >= 11 is 0. The van der Waals surface area contributed by atoms with Crippen LogP contribution in [0.3, 0.4) is 0 Å². The maximum absolute atomic E-state index is 11.9. The van der Waals surface area contributed by atoms with Crippen LogP contribution in [0.15, 0.2) is 0 Å². The average Bonchev–Trinajstić information content (AvgIpc) is 2.76. The smallest absolute Gasteiger partial charge is 0.236 e. The largest absolute Gasteiger partial charge is 0.393 e. The zero-order chi connectivity index (χ0) is 13.0. The predicted molar refractivity (Wildman–Crippen MR) is 70.3 cm³/mol. The monoisotopic (exact) mass is 255 g/mol. The van der Waals surface area contributed by atoms with Gasteiger partial charge in [-0.1, -0.05) is 6.42 Å². The highest BCUT2D eigenvalue weighted by atomic mass is 16.3. The molecule has 5 nitrogen and oxygen atoms in total. The lowest BCUT2D eigenvalue weighted by Crippen LogP contribution is -2.49. The van der Waals surface area contributed by atoms with Gasteiger partial charge in [-0.3, -0.25) is 4.79 Å². The van der Waals surface area contributed by atoms with E-state index < -0.39 is 0 Å². The number of piperazine rings is 1. The van der Waals surface area contributed by atoms with Crippen molar-refractivity contribution in [2.45, 2.75) is 25.4 Å². The number of nitrogens with one attached hydrogen (secondary N) is 1. The number of carbonyl (C=O) groups is 1. The molecule has 2 N–H and O–H groups in total. The maximum atomic E-state index is 11.9. The van der Waals surface area contributed by atoms with Crippen LogP contribution in [0, 0.1) is 5.92 Å². The first-order valence-corrected chi connectivity index (χ1v) is 7.02. The minimum atomic E-state index is -0.170. The van der Waals surface area contributed by atoms with Gasteiger partial charge >= 0.3 is 0 Å². The molecule has 2 atom stereocenters. The molecule has 1 amide bonds. The molecular weight excluding hydrogens is 230 g/mol. The molecule has 1 saturated heterocycles. The SMILES string of the molecule is CN1CCN(C(=O)CNCC2CCCC2O)CC1. The molecule has 0 aromatic heterocycles. The molecule has 104 valence electrons. The van der Waals surface area contributed by atoms with E-state index in [-0.39, 0.29) is 12.0 Å². The molecule has 0 bridgehead atoms. The van der Waals surface area contributed by atoms with Gasteiger partial charge in [0.2, 0.25) is 5.91 Å². The zero-order valence-corrected chi connectivity index (χ0v) is 11.3. The van der Waals surface area contributed by atoms with Gasteiger partial charge < -0.3 is 20.2 Å². The molecule has 2 rings (SSSR count). The van der Waals surface area contributed by atoms with E-state index in [1.807, 2.05) is 4.90 Å². The minimum absolute atomic E-state index is 0.170. The van der Waals surface area contributed by atoms with Crippen LogP contribution in [0.2, 0.25) is 0 Å². The van der Waals surface area contributed by atoms with Gasteiger partial charge in [-0.05, 0) is 25.8 Å². The Bertz CT molecular complexity index is 277. The summed E-state index contributed by atoms with van der Waals surface area (Å²) in [5.41, 5.74) is 0. The maximum Gasteiger partial charge on any atom is 0.236 e. The third kappa shape index (κ3) is 3.67. The Kier molecular flexibility index (Phi) is 4.97. The number of nitrogens with zero attached hydrogens (tertiary/aromatic N) is 2. The van der Waals surface area contributed by atoms with E-state index in [4.69, 9.17) is 0 Å². The van der Waals surface area contributed by atoms with E-state index >= 15 is 0 Å². The predicted octanol–water partition coefficient (Wildman–Crippen LogP) is -0.489. The van der Waals surface area contributed by atoms with Crippen LogP contribution < -0.4 is 5.32 Å². The fraction of sp³-hybridized carbons (Fsp3) is 0.923. The third-order valence-electron chi connectivity index (χ3n) is 4.16. The number of aliphatic hydroxyl groups is 1. The highest BCUT2D eigenvalue weighted by Gasteiger charge is 2.25. The van der Waals surface area contributed by atoms with E-state index in [0.29, 0.717) is 12.5 Å². The van der Waals surface area contributed by atoms with Gasteiger partial charge in [0.15, 0.2) is 0 Å². The van der Waals surface area contributed by atoms with Crippen molar-refractivity contribution < 1.29 is 9.90 Å². The summed E-state index contributed by atoms with van der Waals surface area (Å²) in [6.07, 6.45) is 2.94. The van der Waals surface area contributed by atoms with E-state index in [0.717, 1.165) is 52.0 Å². The zero-order valence-electron chi connectivity index (χ0n) is 11.3. The van der Waals surface area contributed by atoms with Crippen molar-refractivity contribution in [2.24, 2.45) is 5.92 Å². The minimum Gasteiger partial charge on any atom is -0.393 e. The Morgan fingerprint density at radius 2 is 2.00 bits per heavy atom. The van der Waals surface area contributed by atoms with Gasteiger partial charge in [-0.25, -0.2) is 0 Å². The topological polar surface area (TPSA) is 55.8 Å². The molecule has 0 spiro atoms. The van der Waals surface area contributed by atoms with Crippen molar-refractivity contribution in [1.29, 1.82) is 0 Å². The molecule has 5 heteroatoms. The van der Waals surface area contributed by atoms with Gasteiger partial charge in [-0.2, -0.15) is 0 Å². The quantitative estimate of drug-likeness (QED) is 0.712. The highest BCUT2D eigenvalue weighted by Crippen LogP contribution is 2.24. The fourth-order valence-electron chi connectivity index (χ4n) is 2.79.